The van der Waals surface area contributed by atoms with Gasteiger partial charge in [0.1, 0.15) is 16.7 Å². The lowest BCUT2D eigenvalue weighted by Crippen LogP contribution is -3.11. The second-order valence-corrected chi connectivity index (χ2v) is 10.7. The molecule has 0 spiro atoms. The minimum atomic E-state index is -4.27. The quantitative estimate of drug-likeness (QED) is 0.446. The summed E-state index contributed by atoms with van der Waals surface area (Å²) in [5.74, 6) is 0. The van der Waals surface area contributed by atoms with Gasteiger partial charge in [0.2, 0.25) is 0 Å². The van der Waals surface area contributed by atoms with Gasteiger partial charge in [0.15, 0.2) is 0 Å². The smallest absolute Gasteiger partial charge is 0.124 e. The Labute approximate surface area is 190 Å². The molecule has 1 unspecified atom stereocenters. The monoisotopic (exact) mass is 546 g/mol. The van der Waals surface area contributed by atoms with E-state index in [0.29, 0.717) is 0 Å². The molecule has 0 aliphatic heterocycles. The maximum Gasteiger partial charge on any atom is 0.124 e. The second-order valence-electron chi connectivity index (χ2n) is 7.59. The number of nitrogens with two attached hydrogens (primary N) is 1. The summed E-state index contributed by atoms with van der Waals surface area (Å²) in [6.45, 7) is 2.83. The Morgan fingerprint density at radius 1 is 1.10 bits per heavy atom. The third-order valence-electron chi connectivity index (χ3n) is 5.26. The Bertz CT molecular complexity index is 912. The Hall–Kier alpha value is -0.930. The van der Waals surface area contributed by atoms with E-state index in [0.717, 1.165) is 32.8 Å². The van der Waals surface area contributed by atoms with E-state index in [1.54, 1.807) is 17.0 Å². The number of hydrogen-bond acceptors (Lipinski definition) is 4. The van der Waals surface area contributed by atoms with Crippen LogP contribution in [-0.4, -0.2) is 26.1 Å². The Morgan fingerprint density at radius 2 is 1.69 bits per heavy atom. The van der Waals surface area contributed by atoms with Crippen molar-refractivity contribution in [3.63, 3.8) is 0 Å². The number of quaternary nitrogens is 1. The molecule has 1 aliphatic rings. The fourth-order valence-corrected chi connectivity index (χ4v) is 5.31. The zero-order valence-corrected chi connectivity index (χ0v) is 20.7. The summed E-state index contributed by atoms with van der Waals surface area (Å²) >= 11 is 7.06. The minimum Gasteiger partial charge on any atom is -0.744 e. The van der Waals surface area contributed by atoms with Crippen LogP contribution >= 0.6 is 31.9 Å². The fraction of sp³-hybridized carbons (Fsp3) is 0.429. The zero-order valence-electron chi connectivity index (χ0n) is 16.8. The molecule has 0 amide bonds. The summed E-state index contributed by atoms with van der Waals surface area (Å²) in [5.41, 5.74) is 9.19. The standard InChI is InChI=1S/C14H20Br2N2.C7H8O3S/c1-18(12-5-3-2-4-6-12)9-10-7-11(15)8-13(16)14(10)17;1-6-2-4-7(5-3-6)11(8,9)10/h7-8,12H,2-6,9,17H2,1H3;2-5H,1H3,(H,8,9,10). The van der Waals surface area contributed by atoms with Crippen molar-refractivity contribution in [2.24, 2.45) is 0 Å². The van der Waals surface area contributed by atoms with Crippen LogP contribution in [0.4, 0.5) is 5.69 Å². The maximum atomic E-state index is 10.4. The van der Waals surface area contributed by atoms with E-state index in [-0.39, 0.29) is 4.90 Å². The average molecular weight is 548 g/mol. The van der Waals surface area contributed by atoms with Crippen molar-refractivity contribution >= 4 is 47.7 Å². The molecule has 0 heterocycles. The number of anilines is 1. The third-order valence-corrected chi connectivity index (χ3v) is 7.22. The minimum absolute atomic E-state index is 0.178. The van der Waals surface area contributed by atoms with Crippen LogP contribution in [0.1, 0.15) is 43.2 Å². The van der Waals surface area contributed by atoms with Crippen molar-refractivity contribution in [2.45, 2.75) is 56.5 Å². The summed E-state index contributed by atoms with van der Waals surface area (Å²) in [5, 5.41) is 0. The molecule has 3 N–H and O–H groups in total. The lowest BCUT2D eigenvalue weighted by atomic mass is 9.94. The van der Waals surface area contributed by atoms with Gasteiger partial charge in [-0.15, -0.1) is 0 Å². The molecular formula is C21H28Br2N2O3S. The molecule has 1 fully saturated rings. The van der Waals surface area contributed by atoms with Gasteiger partial charge in [-0.05, 0) is 72.8 Å². The molecule has 3 rings (SSSR count). The van der Waals surface area contributed by atoms with Crippen molar-refractivity contribution in [1.29, 1.82) is 0 Å². The summed E-state index contributed by atoms with van der Waals surface area (Å²) in [4.78, 5) is 1.41. The van der Waals surface area contributed by atoms with Crippen LogP contribution in [-0.2, 0) is 16.7 Å². The van der Waals surface area contributed by atoms with Gasteiger partial charge < -0.3 is 15.2 Å². The Kier molecular flexibility index (Phi) is 9.15. The Balaban J connectivity index is 0.000000234. The maximum absolute atomic E-state index is 10.4. The number of rotatable bonds is 4. The third kappa shape index (κ3) is 7.68. The van der Waals surface area contributed by atoms with E-state index in [2.05, 4.69) is 45.0 Å². The van der Waals surface area contributed by atoms with Crippen molar-refractivity contribution < 1.29 is 17.9 Å². The molecule has 29 heavy (non-hydrogen) atoms. The summed E-state index contributed by atoms with van der Waals surface area (Å²) in [6.07, 6.45) is 6.91. The van der Waals surface area contributed by atoms with Crippen LogP contribution in [0.5, 0.6) is 0 Å². The normalized spacial score (nSPS) is 16.0. The van der Waals surface area contributed by atoms with Crippen molar-refractivity contribution in [3.05, 3.63) is 56.5 Å². The summed E-state index contributed by atoms with van der Waals surface area (Å²) < 4.78 is 33.2. The molecule has 8 heteroatoms. The molecule has 1 saturated carbocycles. The molecule has 5 nitrogen and oxygen atoms in total. The SMILES string of the molecule is C[NH+](Cc1cc(Br)cc(Br)c1N)C1CCCCC1.Cc1ccc(S(=O)(=O)[O-])cc1. The molecule has 2 aromatic rings. The zero-order chi connectivity index (χ0) is 21.6. The first-order chi connectivity index (χ1) is 13.6. The molecular weight excluding hydrogens is 520 g/mol. The molecule has 2 aromatic carbocycles. The molecule has 1 aliphatic carbocycles. The average Bonchev–Trinajstić information content (AvgIpc) is 2.66. The highest BCUT2D eigenvalue weighted by atomic mass is 79.9. The summed E-state index contributed by atoms with van der Waals surface area (Å²) in [6, 6.07) is 10.7. The molecule has 160 valence electrons. The van der Waals surface area contributed by atoms with Gasteiger partial charge in [0.25, 0.3) is 0 Å². The second kappa shape index (κ2) is 10.9. The largest absolute Gasteiger partial charge is 0.744 e. The van der Waals surface area contributed by atoms with Crippen LogP contribution in [0, 0.1) is 6.92 Å². The number of hydrogen-bond donors (Lipinski definition) is 2. The molecule has 1 atom stereocenters. The molecule has 0 bridgehead atoms. The van der Waals surface area contributed by atoms with Crippen LogP contribution in [0.15, 0.2) is 50.2 Å². The van der Waals surface area contributed by atoms with Crippen LogP contribution in [0.2, 0.25) is 0 Å². The topological polar surface area (TPSA) is 87.7 Å². The predicted molar refractivity (Wildman–Crippen MR) is 123 cm³/mol. The van der Waals surface area contributed by atoms with Gasteiger partial charge in [-0.3, -0.25) is 0 Å². The highest BCUT2D eigenvalue weighted by molar-refractivity contribution is 9.11. The van der Waals surface area contributed by atoms with Crippen molar-refractivity contribution in [1.82, 2.24) is 0 Å². The Morgan fingerprint density at radius 3 is 2.24 bits per heavy atom. The first-order valence-electron chi connectivity index (χ1n) is 9.66. The van der Waals surface area contributed by atoms with E-state index in [1.807, 2.05) is 13.0 Å². The van der Waals surface area contributed by atoms with Gasteiger partial charge in [-0.2, -0.15) is 0 Å². The number of nitrogen functional groups attached to an aromatic ring is 1. The van der Waals surface area contributed by atoms with Gasteiger partial charge >= 0.3 is 0 Å². The lowest BCUT2D eigenvalue weighted by Gasteiger charge is -2.28. The van der Waals surface area contributed by atoms with Crippen LogP contribution < -0.4 is 10.6 Å². The number of halogens is 2. The first-order valence-corrected chi connectivity index (χ1v) is 12.7. The highest BCUT2D eigenvalue weighted by Crippen LogP contribution is 2.28. The molecule has 0 radical (unpaired) electrons. The van der Waals surface area contributed by atoms with Crippen LogP contribution in [0.3, 0.4) is 0 Å². The van der Waals surface area contributed by atoms with Crippen molar-refractivity contribution in [3.8, 4) is 0 Å². The number of nitrogens with one attached hydrogen (secondary N) is 1. The van der Waals surface area contributed by atoms with E-state index in [4.69, 9.17) is 5.73 Å². The van der Waals surface area contributed by atoms with E-state index in [1.165, 1.54) is 49.8 Å². The van der Waals surface area contributed by atoms with Crippen LogP contribution in [0.25, 0.3) is 0 Å². The highest BCUT2D eigenvalue weighted by Gasteiger charge is 2.22. The van der Waals surface area contributed by atoms with E-state index in [9.17, 15) is 13.0 Å². The first kappa shape index (κ1) is 24.3. The lowest BCUT2D eigenvalue weighted by molar-refractivity contribution is -0.921. The van der Waals surface area contributed by atoms with Gasteiger partial charge in [-0.25, -0.2) is 8.42 Å². The predicted octanol–water partition coefficient (Wildman–Crippen LogP) is 4.04. The number of aryl methyl sites for hydroxylation is 1. The van der Waals surface area contributed by atoms with Gasteiger partial charge in [-0.1, -0.05) is 40.0 Å². The van der Waals surface area contributed by atoms with E-state index < -0.39 is 10.1 Å². The van der Waals surface area contributed by atoms with Gasteiger partial charge in [0.05, 0.1) is 23.7 Å². The fourth-order valence-electron chi connectivity index (χ4n) is 3.53. The molecule has 0 saturated heterocycles. The molecule has 0 aromatic heterocycles. The van der Waals surface area contributed by atoms with Gasteiger partial charge in [0, 0.05) is 14.5 Å². The van der Waals surface area contributed by atoms with E-state index >= 15 is 0 Å². The summed E-state index contributed by atoms with van der Waals surface area (Å²) in [7, 11) is -1.97. The number of benzene rings is 2. The van der Waals surface area contributed by atoms with Crippen molar-refractivity contribution in [2.75, 3.05) is 12.8 Å².